The average molecular weight is 701 g/mol. The summed E-state index contributed by atoms with van der Waals surface area (Å²) < 4.78 is 4.34. The zero-order chi connectivity index (χ0) is 35.4. The molecule has 0 saturated heterocycles. The molecule has 9 rings (SSSR count). The van der Waals surface area contributed by atoms with Crippen molar-refractivity contribution in [1.29, 1.82) is 0 Å². The SMILES string of the molecule is Cc1ccc(-c2c(C(C)(C)C)ccc3c2Sc2ncccc2[Si]3(C)C)cc1-c1nc(-n2c3ccccc3n3c4cccc(C)c4nc23)ncc1C. The van der Waals surface area contributed by atoms with Crippen molar-refractivity contribution >= 4 is 58.1 Å². The van der Waals surface area contributed by atoms with E-state index in [1.54, 1.807) is 0 Å². The molecular weight excluding hydrogens is 661 g/mol. The third-order valence-electron chi connectivity index (χ3n) is 10.7. The highest BCUT2D eigenvalue weighted by atomic mass is 32.2. The lowest BCUT2D eigenvalue weighted by atomic mass is 9.81. The van der Waals surface area contributed by atoms with E-state index in [4.69, 9.17) is 19.9 Å². The zero-order valence-electron chi connectivity index (χ0n) is 30.3. The molecule has 0 atom stereocenters. The number of para-hydroxylation sites is 3. The van der Waals surface area contributed by atoms with Crippen molar-refractivity contribution in [2.75, 3.05) is 0 Å². The highest BCUT2D eigenvalue weighted by Crippen LogP contribution is 2.45. The minimum Gasteiger partial charge on any atom is -0.276 e. The Morgan fingerprint density at radius 1 is 0.706 bits per heavy atom. The number of rotatable bonds is 3. The maximum atomic E-state index is 5.38. The van der Waals surface area contributed by atoms with Crippen molar-refractivity contribution in [2.24, 2.45) is 0 Å². The highest BCUT2D eigenvalue weighted by molar-refractivity contribution is 8.00. The normalized spacial score (nSPS) is 14.0. The predicted molar refractivity (Wildman–Crippen MR) is 214 cm³/mol. The molecule has 1 aliphatic heterocycles. The van der Waals surface area contributed by atoms with Crippen LogP contribution in [0, 0.1) is 20.8 Å². The molecule has 0 radical (unpaired) electrons. The Labute approximate surface area is 303 Å². The first-order chi connectivity index (χ1) is 24.4. The Morgan fingerprint density at radius 3 is 2.29 bits per heavy atom. The number of pyridine rings is 1. The molecular formula is C43H40N6SSi. The van der Waals surface area contributed by atoms with Gasteiger partial charge >= 0.3 is 0 Å². The van der Waals surface area contributed by atoms with Crippen LogP contribution in [-0.2, 0) is 5.41 Å². The zero-order valence-corrected chi connectivity index (χ0v) is 32.1. The molecule has 8 aromatic rings. The second-order valence-corrected chi connectivity index (χ2v) is 20.8. The van der Waals surface area contributed by atoms with Gasteiger partial charge in [0.2, 0.25) is 11.7 Å². The van der Waals surface area contributed by atoms with E-state index < -0.39 is 8.07 Å². The molecule has 0 spiro atoms. The summed E-state index contributed by atoms with van der Waals surface area (Å²) in [6.45, 7) is 18.3. The van der Waals surface area contributed by atoms with Gasteiger partial charge in [-0.25, -0.2) is 24.5 Å². The number of nitrogens with zero attached hydrogens (tertiary/aromatic N) is 6. The summed E-state index contributed by atoms with van der Waals surface area (Å²) in [7, 11) is -1.99. The van der Waals surface area contributed by atoms with E-state index in [9.17, 15) is 0 Å². The Kier molecular flexibility index (Phi) is 7.02. The van der Waals surface area contributed by atoms with Crippen LogP contribution in [0.15, 0.2) is 107 Å². The molecule has 0 saturated carbocycles. The Hall–Kier alpha value is -5.05. The third kappa shape index (κ3) is 4.76. The third-order valence-corrected chi connectivity index (χ3v) is 15.7. The quantitative estimate of drug-likeness (QED) is 0.172. The number of fused-ring (bicyclic) bond motifs is 7. The summed E-state index contributed by atoms with van der Waals surface area (Å²) in [5.74, 6) is 1.42. The van der Waals surface area contributed by atoms with Gasteiger partial charge in [0.05, 0.1) is 27.8 Å². The lowest BCUT2D eigenvalue weighted by Crippen LogP contribution is -2.56. The molecule has 5 heterocycles. The Bertz CT molecular complexity index is 2730. The molecule has 0 N–H and O–H groups in total. The number of hydrogen-bond donors (Lipinski definition) is 0. The molecule has 8 heteroatoms. The van der Waals surface area contributed by atoms with Gasteiger partial charge < -0.3 is 0 Å². The minimum atomic E-state index is -1.99. The fourth-order valence-corrected chi connectivity index (χ4v) is 13.3. The van der Waals surface area contributed by atoms with Gasteiger partial charge in [-0.1, -0.05) is 100 Å². The lowest BCUT2D eigenvalue weighted by Gasteiger charge is -2.36. The van der Waals surface area contributed by atoms with Gasteiger partial charge in [-0.3, -0.25) is 4.40 Å². The van der Waals surface area contributed by atoms with Crippen molar-refractivity contribution < 1.29 is 0 Å². The molecule has 252 valence electrons. The molecule has 1 aliphatic rings. The summed E-state index contributed by atoms with van der Waals surface area (Å²) >= 11 is 1.84. The van der Waals surface area contributed by atoms with Gasteiger partial charge in [0.25, 0.3) is 0 Å². The summed E-state index contributed by atoms with van der Waals surface area (Å²) in [5.41, 5.74) is 13.4. The van der Waals surface area contributed by atoms with Crippen molar-refractivity contribution in [2.45, 2.75) is 70.0 Å². The van der Waals surface area contributed by atoms with Crippen LogP contribution in [0.3, 0.4) is 0 Å². The van der Waals surface area contributed by atoms with Crippen LogP contribution in [0.25, 0.3) is 56.2 Å². The largest absolute Gasteiger partial charge is 0.276 e. The molecule has 0 amide bonds. The maximum Gasteiger partial charge on any atom is 0.237 e. The second kappa shape index (κ2) is 11.2. The van der Waals surface area contributed by atoms with Gasteiger partial charge in [0.1, 0.15) is 13.1 Å². The molecule has 0 fully saturated rings. The number of imidazole rings is 2. The maximum absolute atomic E-state index is 5.38. The van der Waals surface area contributed by atoms with Crippen molar-refractivity contribution in [3.8, 4) is 28.3 Å². The van der Waals surface area contributed by atoms with Gasteiger partial charge in [0.15, 0.2) is 0 Å². The van der Waals surface area contributed by atoms with E-state index in [1.165, 1.54) is 37.5 Å². The lowest BCUT2D eigenvalue weighted by molar-refractivity contribution is 0.591. The first kappa shape index (κ1) is 31.9. The standard InChI is InChI=1S/C43H40N6SSi/c1-25-18-19-28(36-30(43(4,5)6)20-21-34-39(36)50-40-35(51(34,7)8)17-12-22-44-40)23-29(25)37-27(3)24-45-41(46-37)49-32-15-10-9-14-31(32)48-33-16-11-13-26(2)38(33)47-42(48)49/h9-24H,1-8H3. The van der Waals surface area contributed by atoms with Crippen LogP contribution in [0.1, 0.15) is 43.0 Å². The van der Waals surface area contributed by atoms with Crippen molar-refractivity contribution in [1.82, 2.24) is 28.9 Å². The van der Waals surface area contributed by atoms with E-state index in [0.717, 1.165) is 55.3 Å². The van der Waals surface area contributed by atoms with E-state index in [1.807, 2.05) is 24.2 Å². The monoisotopic (exact) mass is 700 g/mol. The molecule has 0 bridgehead atoms. The van der Waals surface area contributed by atoms with E-state index in [0.29, 0.717) is 5.95 Å². The Balaban J connectivity index is 1.27. The molecule has 4 aromatic carbocycles. The topological polar surface area (TPSA) is 60.9 Å². The fourth-order valence-electron chi connectivity index (χ4n) is 7.89. The number of benzene rings is 4. The van der Waals surface area contributed by atoms with E-state index >= 15 is 0 Å². The van der Waals surface area contributed by atoms with Gasteiger partial charge in [-0.15, -0.1) is 0 Å². The Morgan fingerprint density at radius 2 is 1.49 bits per heavy atom. The van der Waals surface area contributed by atoms with Crippen LogP contribution in [0.2, 0.25) is 13.1 Å². The minimum absolute atomic E-state index is 0.0585. The predicted octanol–water partition coefficient (Wildman–Crippen LogP) is 9.46. The molecule has 0 unspecified atom stereocenters. The number of aryl methyl sites for hydroxylation is 3. The van der Waals surface area contributed by atoms with Crippen molar-refractivity contribution in [3.63, 3.8) is 0 Å². The number of hydrogen-bond acceptors (Lipinski definition) is 5. The summed E-state index contributed by atoms with van der Waals surface area (Å²) in [5, 5.41) is 4.03. The summed E-state index contributed by atoms with van der Waals surface area (Å²) in [4.78, 5) is 21.7. The number of aromatic nitrogens is 6. The molecule has 51 heavy (non-hydrogen) atoms. The van der Waals surface area contributed by atoms with Gasteiger partial charge in [-0.2, -0.15) is 0 Å². The molecule has 4 aromatic heterocycles. The van der Waals surface area contributed by atoms with Crippen LogP contribution in [0.5, 0.6) is 0 Å². The highest BCUT2D eigenvalue weighted by Gasteiger charge is 2.38. The average Bonchev–Trinajstić information content (AvgIpc) is 3.64. The van der Waals surface area contributed by atoms with E-state index in [-0.39, 0.29) is 5.41 Å². The van der Waals surface area contributed by atoms with Gasteiger partial charge in [-0.05, 0) is 100 Å². The van der Waals surface area contributed by atoms with Crippen LogP contribution >= 0.6 is 11.8 Å². The van der Waals surface area contributed by atoms with Crippen LogP contribution in [0.4, 0.5) is 0 Å². The van der Waals surface area contributed by atoms with E-state index in [2.05, 4.69) is 149 Å². The van der Waals surface area contributed by atoms with Crippen LogP contribution < -0.4 is 10.4 Å². The summed E-state index contributed by atoms with van der Waals surface area (Å²) in [6, 6.07) is 30.9. The van der Waals surface area contributed by atoms with Gasteiger partial charge in [0, 0.05) is 22.9 Å². The fraction of sp³-hybridized carbons (Fsp3) is 0.209. The first-order valence-electron chi connectivity index (χ1n) is 17.6. The summed E-state index contributed by atoms with van der Waals surface area (Å²) in [6.07, 6.45) is 3.89. The van der Waals surface area contributed by atoms with Crippen LogP contribution in [-0.4, -0.2) is 37.0 Å². The second-order valence-electron chi connectivity index (χ2n) is 15.4. The first-order valence-corrected chi connectivity index (χ1v) is 21.4. The van der Waals surface area contributed by atoms with Crippen molar-refractivity contribution in [3.05, 3.63) is 120 Å². The molecule has 0 aliphatic carbocycles. The smallest absolute Gasteiger partial charge is 0.237 e. The molecule has 6 nitrogen and oxygen atoms in total.